The highest BCUT2D eigenvalue weighted by Crippen LogP contribution is 2.30. The van der Waals surface area contributed by atoms with Crippen molar-refractivity contribution in [3.63, 3.8) is 0 Å². The predicted octanol–water partition coefficient (Wildman–Crippen LogP) is 3.18. The molecule has 0 bridgehead atoms. The summed E-state index contributed by atoms with van der Waals surface area (Å²) < 4.78 is 46.8. The van der Waals surface area contributed by atoms with E-state index in [4.69, 9.17) is 22.1 Å². The first-order valence-electron chi connectivity index (χ1n) is 7.42. The number of aliphatic imine (C=N–C) groups is 1. The standard InChI is InChI=1S/C16H12ClF3N4O2/c17-7-3-11(19)14(22-6-7)15(25)23-8-4-9(13(20)10(18)5-8)12-1-2-26-16(21)24-12/h3-6,12H,1-2H2,(H2,21,24)(H,23,25). The highest BCUT2D eigenvalue weighted by molar-refractivity contribution is 6.30. The number of ether oxygens (including phenoxy) is 1. The van der Waals surface area contributed by atoms with Crippen LogP contribution in [-0.2, 0) is 4.74 Å². The third-order valence-electron chi connectivity index (χ3n) is 3.62. The van der Waals surface area contributed by atoms with Gasteiger partial charge in [0.15, 0.2) is 23.1 Å². The SMILES string of the molecule is NC1=NC(c2cc(NC(=O)c3ncc(Cl)cc3F)cc(F)c2F)CCO1. The van der Waals surface area contributed by atoms with Crippen LogP contribution in [-0.4, -0.2) is 23.5 Å². The molecule has 1 aliphatic rings. The van der Waals surface area contributed by atoms with Crippen LogP contribution in [0.25, 0.3) is 0 Å². The van der Waals surface area contributed by atoms with Crippen molar-refractivity contribution in [2.75, 3.05) is 11.9 Å². The number of nitrogens with one attached hydrogen (secondary N) is 1. The molecule has 2 heterocycles. The average molecular weight is 385 g/mol. The normalized spacial score (nSPS) is 16.6. The summed E-state index contributed by atoms with van der Waals surface area (Å²) in [6.07, 6.45) is 1.37. The molecule has 1 aromatic heterocycles. The summed E-state index contributed by atoms with van der Waals surface area (Å²) in [4.78, 5) is 19.7. The molecule has 0 radical (unpaired) electrons. The number of benzene rings is 1. The summed E-state index contributed by atoms with van der Waals surface area (Å²) >= 11 is 5.58. The molecule has 0 spiro atoms. The van der Waals surface area contributed by atoms with Crippen molar-refractivity contribution in [3.05, 3.63) is 58.1 Å². The van der Waals surface area contributed by atoms with E-state index < -0.39 is 35.1 Å². The Hall–Kier alpha value is -2.81. The lowest BCUT2D eigenvalue weighted by molar-refractivity contribution is 0.101. The molecule has 0 fully saturated rings. The number of anilines is 1. The fourth-order valence-corrected chi connectivity index (χ4v) is 2.60. The Morgan fingerprint density at radius 1 is 1.27 bits per heavy atom. The molecule has 1 unspecified atom stereocenters. The molecule has 1 aromatic carbocycles. The summed E-state index contributed by atoms with van der Waals surface area (Å²) in [6, 6.07) is 2.00. The Bertz CT molecular complexity index is 907. The molecule has 1 aliphatic heterocycles. The first-order chi connectivity index (χ1) is 12.3. The number of carbonyl (C=O) groups excluding carboxylic acids is 1. The number of nitrogens with zero attached hydrogens (tertiary/aromatic N) is 2. The molecular weight excluding hydrogens is 373 g/mol. The molecule has 2 aromatic rings. The van der Waals surface area contributed by atoms with Crippen LogP contribution < -0.4 is 11.1 Å². The van der Waals surface area contributed by atoms with Crippen molar-refractivity contribution in [2.45, 2.75) is 12.5 Å². The molecule has 10 heteroatoms. The Morgan fingerprint density at radius 3 is 2.73 bits per heavy atom. The van der Waals surface area contributed by atoms with Crippen LogP contribution >= 0.6 is 11.6 Å². The second-order valence-corrected chi connectivity index (χ2v) is 5.86. The van der Waals surface area contributed by atoms with Gasteiger partial charge in [0, 0.05) is 29.9 Å². The van der Waals surface area contributed by atoms with Crippen molar-refractivity contribution < 1.29 is 22.7 Å². The third-order valence-corrected chi connectivity index (χ3v) is 3.83. The molecule has 6 nitrogen and oxygen atoms in total. The van der Waals surface area contributed by atoms with Gasteiger partial charge in [-0.1, -0.05) is 11.6 Å². The number of amides is 1. The number of halogens is 4. The molecule has 26 heavy (non-hydrogen) atoms. The maximum absolute atomic E-state index is 14.1. The minimum atomic E-state index is -1.19. The average Bonchev–Trinajstić information content (AvgIpc) is 2.57. The van der Waals surface area contributed by atoms with E-state index in [-0.39, 0.29) is 35.3 Å². The molecule has 1 amide bonds. The van der Waals surface area contributed by atoms with Gasteiger partial charge in [-0.3, -0.25) is 4.79 Å². The molecule has 0 saturated carbocycles. The molecule has 0 saturated heterocycles. The quantitative estimate of drug-likeness (QED) is 0.850. The zero-order valence-electron chi connectivity index (χ0n) is 13.1. The van der Waals surface area contributed by atoms with Gasteiger partial charge in [0.2, 0.25) is 0 Å². The number of carbonyl (C=O) groups is 1. The first-order valence-corrected chi connectivity index (χ1v) is 7.80. The van der Waals surface area contributed by atoms with Gasteiger partial charge < -0.3 is 15.8 Å². The maximum Gasteiger partial charge on any atom is 0.282 e. The minimum absolute atomic E-state index is 0.0177. The van der Waals surface area contributed by atoms with Crippen molar-refractivity contribution in [2.24, 2.45) is 10.7 Å². The fourth-order valence-electron chi connectivity index (χ4n) is 2.45. The van der Waals surface area contributed by atoms with Crippen LogP contribution in [0.3, 0.4) is 0 Å². The van der Waals surface area contributed by atoms with E-state index in [1.807, 2.05) is 0 Å². The predicted molar refractivity (Wildman–Crippen MR) is 88.4 cm³/mol. The molecule has 0 aliphatic carbocycles. The summed E-state index contributed by atoms with van der Waals surface area (Å²) in [6.45, 7) is 0.192. The number of aromatic nitrogens is 1. The summed E-state index contributed by atoms with van der Waals surface area (Å²) in [7, 11) is 0. The van der Waals surface area contributed by atoms with Gasteiger partial charge in [0.25, 0.3) is 11.9 Å². The largest absolute Gasteiger partial charge is 0.465 e. The Kier molecular flexibility index (Phi) is 4.99. The Labute approximate surface area is 150 Å². The van der Waals surface area contributed by atoms with Crippen LogP contribution in [0.4, 0.5) is 18.9 Å². The van der Waals surface area contributed by atoms with Crippen molar-refractivity contribution in [3.8, 4) is 0 Å². The van der Waals surface area contributed by atoms with Crippen molar-refractivity contribution in [1.82, 2.24) is 4.98 Å². The molecule has 136 valence electrons. The summed E-state index contributed by atoms with van der Waals surface area (Å²) in [5.41, 5.74) is 4.74. The lowest BCUT2D eigenvalue weighted by Gasteiger charge is -2.20. The highest BCUT2D eigenvalue weighted by atomic mass is 35.5. The maximum atomic E-state index is 14.1. The number of hydrogen-bond acceptors (Lipinski definition) is 5. The number of amidine groups is 1. The summed E-state index contributed by atoms with van der Waals surface area (Å²) in [5, 5.41) is 2.29. The van der Waals surface area contributed by atoms with Crippen LogP contribution in [0.2, 0.25) is 5.02 Å². The zero-order chi connectivity index (χ0) is 18.8. The van der Waals surface area contributed by atoms with Crippen LogP contribution in [0.5, 0.6) is 0 Å². The number of pyridine rings is 1. The minimum Gasteiger partial charge on any atom is -0.465 e. The van der Waals surface area contributed by atoms with E-state index in [0.717, 1.165) is 18.3 Å². The zero-order valence-corrected chi connectivity index (χ0v) is 13.9. The van der Waals surface area contributed by atoms with Gasteiger partial charge in [0.05, 0.1) is 17.7 Å². The fraction of sp³-hybridized carbons (Fsp3) is 0.188. The number of rotatable bonds is 3. The molecule has 3 N–H and O–H groups in total. The van der Waals surface area contributed by atoms with E-state index >= 15 is 0 Å². The van der Waals surface area contributed by atoms with Crippen molar-refractivity contribution in [1.29, 1.82) is 0 Å². The van der Waals surface area contributed by atoms with E-state index in [2.05, 4.69) is 15.3 Å². The van der Waals surface area contributed by atoms with Gasteiger partial charge in [0.1, 0.15) is 0 Å². The van der Waals surface area contributed by atoms with Gasteiger partial charge in [-0.05, 0) is 12.1 Å². The second-order valence-electron chi connectivity index (χ2n) is 5.42. The van der Waals surface area contributed by atoms with Gasteiger partial charge >= 0.3 is 0 Å². The monoisotopic (exact) mass is 384 g/mol. The van der Waals surface area contributed by atoms with E-state index in [0.29, 0.717) is 0 Å². The van der Waals surface area contributed by atoms with Gasteiger partial charge in [-0.15, -0.1) is 0 Å². The molecular formula is C16H12ClF3N4O2. The third kappa shape index (κ3) is 3.72. The lowest BCUT2D eigenvalue weighted by Crippen LogP contribution is -2.24. The van der Waals surface area contributed by atoms with E-state index in [1.165, 1.54) is 6.07 Å². The Balaban J connectivity index is 1.91. The first kappa shape index (κ1) is 18.0. The number of nitrogens with two attached hydrogens (primary N) is 1. The van der Waals surface area contributed by atoms with Gasteiger partial charge in [-0.2, -0.15) is 0 Å². The van der Waals surface area contributed by atoms with Crippen LogP contribution in [0, 0.1) is 17.5 Å². The van der Waals surface area contributed by atoms with Crippen molar-refractivity contribution >= 4 is 29.2 Å². The summed E-state index contributed by atoms with van der Waals surface area (Å²) in [5.74, 6) is -4.18. The molecule has 1 atom stereocenters. The lowest BCUT2D eigenvalue weighted by atomic mass is 10.0. The topological polar surface area (TPSA) is 89.6 Å². The second kappa shape index (κ2) is 7.20. The number of hydrogen-bond donors (Lipinski definition) is 2. The van der Waals surface area contributed by atoms with Gasteiger partial charge in [-0.25, -0.2) is 23.1 Å². The highest BCUT2D eigenvalue weighted by Gasteiger charge is 2.24. The smallest absolute Gasteiger partial charge is 0.282 e. The Morgan fingerprint density at radius 2 is 2.04 bits per heavy atom. The van der Waals surface area contributed by atoms with Crippen LogP contribution in [0.1, 0.15) is 28.5 Å². The van der Waals surface area contributed by atoms with Crippen LogP contribution in [0.15, 0.2) is 29.4 Å². The van der Waals surface area contributed by atoms with E-state index in [9.17, 15) is 18.0 Å². The molecule has 3 rings (SSSR count). The van der Waals surface area contributed by atoms with E-state index in [1.54, 1.807) is 0 Å².